The Balaban J connectivity index is 1.60. The maximum atomic E-state index is 12.6. The highest BCUT2D eigenvalue weighted by atomic mass is 35.5. The topological polar surface area (TPSA) is 45.7 Å². The van der Waals surface area contributed by atoms with E-state index < -0.39 is 0 Å². The summed E-state index contributed by atoms with van der Waals surface area (Å²) in [6.45, 7) is 3.08. The molecule has 0 saturated carbocycles. The van der Waals surface area contributed by atoms with Crippen LogP contribution in [0.4, 0.5) is 5.69 Å². The number of hydrogen-bond acceptors (Lipinski definition) is 4. The average Bonchev–Trinajstić information content (AvgIpc) is 2.70. The summed E-state index contributed by atoms with van der Waals surface area (Å²) >= 11 is 5.90. The van der Waals surface area contributed by atoms with Gasteiger partial charge in [-0.25, -0.2) is 4.98 Å². The number of benzene rings is 1. The summed E-state index contributed by atoms with van der Waals surface area (Å²) in [7, 11) is 1.54. The molecule has 0 N–H and O–H groups in total. The second-order valence-corrected chi connectivity index (χ2v) is 7.23. The molecule has 1 aromatic carbocycles. The molecule has 1 aliphatic rings. The van der Waals surface area contributed by atoms with Crippen LogP contribution >= 0.6 is 11.6 Å². The van der Waals surface area contributed by atoms with Crippen LogP contribution in [-0.2, 0) is 16.0 Å². The highest BCUT2D eigenvalue weighted by Gasteiger charge is 2.29. The first-order chi connectivity index (χ1) is 13.2. The Morgan fingerprint density at radius 1 is 1.22 bits per heavy atom. The van der Waals surface area contributed by atoms with E-state index in [1.165, 1.54) is 5.56 Å². The summed E-state index contributed by atoms with van der Waals surface area (Å²) in [4.78, 5) is 21.1. The Labute approximate surface area is 165 Å². The van der Waals surface area contributed by atoms with Crippen molar-refractivity contribution in [3.63, 3.8) is 0 Å². The summed E-state index contributed by atoms with van der Waals surface area (Å²) in [5, 5.41) is 0.425. The van der Waals surface area contributed by atoms with Gasteiger partial charge < -0.3 is 14.5 Å². The van der Waals surface area contributed by atoms with Gasteiger partial charge in [-0.2, -0.15) is 0 Å². The number of piperidine rings is 1. The van der Waals surface area contributed by atoms with Crippen molar-refractivity contribution in [2.24, 2.45) is 0 Å². The molecule has 144 valence electrons. The van der Waals surface area contributed by atoms with Crippen molar-refractivity contribution in [2.75, 3.05) is 38.3 Å². The number of anilines is 1. The van der Waals surface area contributed by atoms with Crippen LogP contribution in [0.3, 0.4) is 0 Å². The molecule has 3 rings (SSSR count). The molecule has 0 unspecified atom stereocenters. The molecule has 1 fully saturated rings. The van der Waals surface area contributed by atoms with Gasteiger partial charge in [0.1, 0.15) is 11.8 Å². The number of ether oxygens (including phenoxy) is 1. The largest absolute Gasteiger partial charge is 0.375 e. The van der Waals surface area contributed by atoms with E-state index in [1.807, 2.05) is 17.0 Å². The zero-order chi connectivity index (χ0) is 19.1. The second-order valence-electron chi connectivity index (χ2n) is 6.84. The first-order valence-corrected chi connectivity index (χ1v) is 9.74. The number of hydrogen-bond donors (Lipinski definition) is 0. The predicted octanol–water partition coefficient (Wildman–Crippen LogP) is 3.42. The molecule has 0 radical (unpaired) electrons. The predicted molar refractivity (Wildman–Crippen MR) is 108 cm³/mol. The number of aromatic nitrogens is 1. The van der Waals surface area contributed by atoms with E-state index >= 15 is 0 Å². The van der Waals surface area contributed by atoms with E-state index in [9.17, 15) is 4.79 Å². The lowest BCUT2D eigenvalue weighted by atomic mass is 10.0. The van der Waals surface area contributed by atoms with E-state index in [4.69, 9.17) is 16.3 Å². The average molecular weight is 388 g/mol. The molecule has 1 saturated heterocycles. The van der Waals surface area contributed by atoms with Gasteiger partial charge >= 0.3 is 0 Å². The molecule has 1 aliphatic heterocycles. The monoisotopic (exact) mass is 387 g/mol. The third-order valence-electron chi connectivity index (χ3n) is 5.01. The molecule has 1 amide bonds. The van der Waals surface area contributed by atoms with Crippen LogP contribution in [0, 0.1) is 0 Å². The van der Waals surface area contributed by atoms with Crippen LogP contribution in [0.5, 0.6) is 0 Å². The van der Waals surface area contributed by atoms with Gasteiger partial charge in [0, 0.05) is 32.8 Å². The fraction of sp³-hybridized carbons (Fsp3) is 0.429. The maximum Gasteiger partial charge on any atom is 0.253 e. The number of methoxy groups -OCH3 is 1. The molecule has 2 heterocycles. The molecular formula is C21H26ClN3O2. The third kappa shape index (κ3) is 5.51. The SMILES string of the molecule is COCC(=O)N(c1ccc(Cl)nc1)C1CCN(CCc2ccccc2)CC1. The fourth-order valence-electron chi connectivity index (χ4n) is 3.60. The minimum Gasteiger partial charge on any atom is -0.375 e. The van der Waals surface area contributed by atoms with E-state index in [1.54, 1.807) is 19.4 Å². The molecule has 0 spiro atoms. The molecule has 0 bridgehead atoms. The zero-order valence-corrected chi connectivity index (χ0v) is 16.4. The number of carbonyl (C=O) groups excluding carboxylic acids is 1. The highest BCUT2D eigenvalue weighted by Crippen LogP contribution is 2.24. The molecule has 0 aliphatic carbocycles. The number of rotatable bonds is 7. The Bertz CT molecular complexity index is 716. The van der Waals surface area contributed by atoms with Crippen molar-refractivity contribution in [1.29, 1.82) is 0 Å². The third-order valence-corrected chi connectivity index (χ3v) is 5.23. The molecular weight excluding hydrogens is 362 g/mol. The summed E-state index contributed by atoms with van der Waals surface area (Å²) < 4.78 is 5.08. The Kier molecular flexibility index (Phi) is 7.21. The second kappa shape index (κ2) is 9.83. The minimum atomic E-state index is -0.0376. The van der Waals surface area contributed by atoms with Crippen molar-refractivity contribution >= 4 is 23.2 Å². The van der Waals surface area contributed by atoms with Gasteiger partial charge in [-0.3, -0.25) is 4.79 Å². The quantitative estimate of drug-likeness (QED) is 0.683. The van der Waals surface area contributed by atoms with Gasteiger partial charge in [0.2, 0.25) is 0 Å². The minimum absolute atomic E-state index is 0.0376. The van der Waals surface area contributed by atoms with Crippen molar-refractivity contribution in [1.82, 2.24) is 9.88 Å². The number of amides is 1. The van der Waals surface area contributed by atoms with Crippen LogP contribution in [0.25, 0.3) is 0 Å². The van der Waals surface area contributed by atoms with Gasteiger partial charge in [-0.15, -0.1) is 0 Å². The summed E-state index contributed by atoms with van der Waals surface area (Å²) in [6, 6.07) is 14.3. The van der Waals surface area contributed by atoms with E-state index in [0.717, 1.165) is 44.6 Å². The van der Waals surface area contributed by atoms with Crippen LogP contribution in [-0.4, -0.2) is 55.2 Å². The van der Waals surface area contributed by atoms with Crippen molar-refractivity contribution in [3.8, 4) is 0 Å². The van der Waals surface area contributed by atoms with Crippen molar-refractivity contribution in [2.45, 2.75) is 25.3 Å². The Morgan fingerprint density at radius 3 is 2.59 bits per heavy atom. The highest BCUT2D eigenvalue weighted by molar-refractivity contribution is 6.29. The van der Waals surface area contributed by atoms with Crippen LogP contribution < -0.4 is 4.90 Å². The number of nitrogens with zero attached hydrogens (tertiary/aromatic N) is 3. The first-order valence-electron chi connectivity index (χ1n) is 9.36. The molecule has 0 atom stereocenters. The standard InChI is InChI=1S/C21H26ClN3O2/c1-27-16-21(26)25(19-7-8-20(22)23-15-19)18-10-13-24(14-11-18)12-9-17-5-3-2-4-6-17/h2-8,15,18H,9-14,16H2,1H3. The van der Waals surface area contributed by atoms with E-state index in [0.29, 0.717) is 5.15 Å². The van der Waals surface area contributed by atoms with Gasteiger partial charge in [-0.1, -0.05) is 41.9 Å². The summed E-state index contributed by atoms with van der Waals surface area (Å²) in [5.74, 6) is -0.0376. The summed E-state index contributed by atoms with van der Waals surface area (Å²) in [5.41, 5.74) is 2.15. The number of carbonyl (C=O) groups is 1. The normalized spacial score (nSPS) is 15.6. The molecule has 2 aromatic rings. The lowest BCUT2D eigenvalue weighted by Crippen LogP contribution is -2.49. The number of halogens is 1. The summed E-state index contributed by atoms with van der Waals surface area (Å²) in [6.07, 6.45) is 4.59. The van der Waals surface area contributed by atoms with Gasteiger partial charge in [0.25, 0.3) is 5.91 Å². The zero-order valence-electron chi connectivity index (χ0n) is 15.7. The van der Waals surface area contributed by atoms with Gasteiger partial charge in [-0.05, 0) is 37.0 Å². The number of pyridine rings is 1. The van der Waals surface area contributed by atoms with Gasteiger partial charge in [0.15, 0.2) is 0 Å². The lowest BCUT2D eigenvalue weighted by Gasteiger charge is -2.38. The smallest absolute Gasteiger partial charge is 0.253 e. The van der Waals surface area contributed by atoms with Crippen molar-refractivity contribution in [3.05, 3.63) is 59.4 Å². The molecule has 27 heavy (non-hydrogen) atoms. The first kappa shape index (κ1) is 19.8. The molecule has 5 nitrogen and oxygen atoms in total. The molecule has 1 aromatic heterocycles. The Morgan fingerprint density at radius 2 is 1.96 bits per heavy atom. The fourth-order valence-corrected chi connectivity index (χ4v) is 3.71. The molecule has 6 heteroatoms. The maximum absolute atomic E-state index is 12.6. The van der Waals surface area contributed by atoms with Crippen molar-refractivity contribution < 1.29 is 9.53 Å². The van der Waals surface area contributed by atoms with E-state index in [2.05, 4.69) is 34.1 Å². The van der Waals surface area contributed by atoms with Gasteiger partial charge in [0.05, 0.1) is 11.9 Å². The van der Waals surface area contributed by atoms with Crippen LogP contribution in [0.2, 0.25) is 5.15 Å². The lowest BCUT2D eigenvalue weighted by molar-refractivity contribution is -0.122. The van der Waals surface area contributed by atoms with Crippen LogP contribution in [0.1, 0.15) is 18.4 Å². The number of likely N-dealkylation sites (tertiary alicyclic amines) is 1. The Hall–Kier alpha value is -1.95. The van der Waals surface area contributed by atoms with E-state index in [-0.39, 0.29) is 18.6 Å². The van der Waals surface area contributed by atoms with Crippen LogP contribution in [0.15, 0.2) is 48.7 Å².